The Hall–Kier alpha value is -2.80. The van der Waals surface area contributed by atoms with E-state index < -0.39 is 0 Å². The molecule has 6 nitrogen and oxygen atoms in total. The number of hydrogen-bond donors (Lipinski definition) is 2. The Morgan fingerprint density at radius 2 is 1.71 bits per heavy atom. The van der Waals surface area contributed by atoms with Crippen LogP contribution in [0.2, 0.25) is 5.02 Å². The third-order valence-corrected chi connectivity index (χ3v) is 4.79. The van der Waals surface area contributed by atoms with Crippen molar-refractivity contribution in [3.63, 3.8) is 0 Å². The quantitative estimate of drug-likeness (QED) is 0.805. The van der Waals surface area contributed by atoms with Crippen molar-refractivity contribution >= 4 is 29.2 Å². The van der Waals surface area contributed by atoms with Gasteiger partial charge in [-0.1, -0.05) is 23.7 Å². The molecule has 28 heavy (non-hydrogen) atoms. The van der Waals surface area contributed by atoms with Crippen LogP contribution >= 0.6 is 11.6 Å². The van der Waals surface area contributed by atoms with E-state index in [1.807, 2.05) is 24.3 Å². The highest BCUT2D eigenvalue weighted by atomic mass is 35.5. The Morgan fingerprint density at radius 3 is 2.39 bits per heavy atom. The molecule has 1 aliphatic rings. The molecule has 0 spiro atoms. The Balaban J connectivity index is 1.38. The van der Waals surface area contributed by atoms with E-state index in [0.29, 0.717) is 36.8 Å². The normalized spacial score (nSPS) is 13.9. The van der Waals surface area contributed by atoms with Gasteiger partial charge in [-0.05, 0) is 42.0 Å². The number of carbonyl (C=O) groups excluding carboxylic acids is 2. The minimum atomic E-state index is -0.349. The molecular weight excluding hydrogens is 383 g/mol. The van der Waals surface area contributed by atoms with Gasteiger partial charge >= 0.3 is 6.03 Å². The molecule has 0 aliphatic carbocycles. The SMILES string of the molecule is O=C(CNC(=O)N1CCN(c2ccc(Cl)cc2)CC1)NCc1cccc(F)c1. The summed E-state index contributed by atoms with van der Waals surface area (Å²) in [5.74, 6) is -0.671. The highest BCUT2D eigenvalue weighted by Crippen LogP contribution is 2.19. The predicted molar refractivity (Wildman–Crippen MR) is 107 cm³/mol. The number of hydrogen-bond acceptors (Lipinski definition) is 3. The minimum Gasteiger partial charge on any atom is -0.368 e. The van der Waals surface area contributed by atoms with Gasteiger partial charge in [0, 0.05) is 43.4 Å². The number of rotatable bonds is 5. The summed E-state index contributed by atoms with van der Waals surface area (Å²) in [6, 6.07) is 13.4. The molecule has 148 valence electrons. The molecule has 1 aliphatic heterocycles. The second-order valence-corrected chi connectivity index (χ2v) is 6.95. The lowest BCUT2D eigenvalue weighted by Crippen LogP contribution is -2.53. The molecule has 0 radical (unpaired) electrons. The topological polar surface area (TPSA) is 64.7 Å². The van der Waals surface area contributed by atoms with Crippen LogP contribution in [0.5, 0.6) is 0 Å². The number of piperazine rings is 1. The molecule has 0 atom stereocenters. The van der Waals surface area contributed by atoms with E-state index in [-0.39, 0.29) is 30.8 Å². The molecule has 3 amide bonds. The summed E-state index contributed by atoms with van der Waals surface area (Å²) in [6.07, 6.45) is 0. The lowest BCUT2D eigenvalue weighted by molar-refractivity contribution is -0.120. The third-order valence-electron chi connectivity index (χ3n) is 4.54. The van der Waals surface area contributed by atoms with Crippen molar-refractivity contribution in [1.29, 1.82) is 0 Å². The largest absolute Gasteiger partial charge is 0.368 e. The van der Waals surface area contributed by atoms with E-state index in [2.05, 4.69) is 15.5 Å². The van der Waals surface area contributed by atoms with Crippen LogP contribution in [0.15, 0.2) is 48.5 Å². The van der Waals surface area contributed by atoms with Crippen LogP contribution in [-0.2, 0) is 11.3 Å². The first-order valence-corrected chi connectivity index (χ1v) is 9.43. The summed E-state index contributed by atoms with van der Waals surface area (Å²) >= 11 is 5.91. The first-order valence-electron chi connectivity index (χ1n) is 9.06. The van der Waals surface area contributed by atoms with Crippen LogP contribution in [0.4, 0.5) is 14.9 Å². The van der Waals surface area contributed by atoms with Gasteiger partial charge in [-0.2, -0.15) is 0 Å². The average molecular weight is 405 g/mol. The van der Waals surface area contributed by atoms with E-state index in [1.165, 1.54) is 12.1 Å². The number of urea groups is 1. The standard InChI is InChI=1S/C20H22ClFN4O2/c21-16-4-6-18(7-5-16)25-8-10-26(11-9-25)20(28)24-14-19(27)23-13-15-2-1-3-17(22)12-15/h1-7,12H,8-11,13-14H2,(H,23,27)(H,24,28). The molecule has 1 heterocycles. The monoisotopic (exact) mass is 404 g/mol. The molecular formula is C20H22ClFN4O2. The van der Waals surface area contributed by atoms with Crippen LogP contribution < -0.4 is 15.5 Å². The number of amides is 3. The molecule has 3 rings (SSSR count). The first kappa shape index (κ1) is 19.9. The number of carbonyl (C=O) groups is 2. The lowest BCUT2D eigenvalue weighted by Gasteiger charge is -2.36. The zero-order valence-corrected chi connectivity index (χ0v) is 16.1. The maximum atomic E-state index is 13.1. The van der Waals surface area contributed by atoms with Gasteiger partial charge in [-0.25, -0.2) is 9.18 Å². The van der Waals surface area contributed by atoms with Crippen LogP contribution in [0.1, 0.15) is 5.56 Å². The molecule has 1 saturated heterocycles. The molecule has 2 N–H and O–H groups in total. The van der Waals surface area contributed by atoms with Gasteiger partial charge in [-0.3, -0.25) is 4.79 Å². The summed E-state index contributed by atoms with van der Waals surface area (Å²) in [7, 11) is 0. The third kappa shape index (κ3) is 5.60. The average Bonchev–Trinajstić information content (AvgIpc) is 2.71. The van der Waals surface area contributed by atoms with E-state index in [9.17, 15) is 14.0 Å². The molecule has 0 aromatic heterocycles. The summed E-state index contributed by atoms with van der Waals surface area (Å²) < 4.78 is 13.1. The van der Waals surface area contributed by atoms with Gasteiger partial charge < -0.3 is 20.4 Å². The zero-order valence-electron chi connectivity index (χ0n) is 15.3. The fourth-order valence-corrected chi connectivity index (χ4v) is 3.12. The molecule has 0 bridgehead atoms. The number of nitrogens with zero attached hydrogens (tertiary/aromatic N) is 2. The minimum absolute atomic E-state index is 0.119. The molecule has 0 saturated carbocycles. The summed E-state index contributed by atoms with van der Waals surface area (Å²) in [6.45, 7) is 2.65. The van der Waals surface area contributed by atoms with Crippen molar-refractivity contribution in [2.24, 2.45) is 0 Å². The van der Waals surface area contributed by atoms with E-state index in [0.717, 1.165) is 5.69 Å². The Kier molecular flexibility index (Phi) is 6.71. The lowest BCUT2D eigenvalue weighted by atomic mass is 10.2. The van der Waals surface area contributed by atoms with Crippen LogP contribution in [0.3, 0.4) is 0 Å². The number of anilines is 1. The van der Waals surface area contributed by atoms with E-state index >= 15 is 0 Å². The number of benzene rings is 2. The van der Waals surface area contributed by atoms with Gasteiger partial charge in [0.1, 0.15) is 5.82 Å². The molecule has 1 fully saturated rings. The highest BCUT2D eigenvalue weighted by Gasteiger charge is 2.21. The number of halogens is 2. The Labute approximate surface area is 168 Å². The molecule has 2 aromatic rings. The van der Waals surface area contributed by atoms with E-state index in [1.54, 1.807) is 17.0 Å². The summed E-state index contributed by atoms with van der Waals surface area (Å²) in [5, 5.41) is 5.98. The van der Waals surface area contributed by atoms with Crippen LogP contribution in [-0.4, -0.2) is 49.6 Å². The van der Waals surface area contributed by atoms with Gasteiger partial charge in [0.25, 0.3) is 0 Å². The Morgan fingerprint density at radius 1 is 1.00 bits per heavy atom. The van der Waals surface area contributed by atoms with Crippen LogP contribution in [0, 0.1) is 5.82 Å². The van der Waals surface area contributed by atoms with Crippen molar-refractivity contribution in [3.05, 3.63) is 64.9 Å². The van der Waals surface area contributed by atoms with Crippen molar-refractivity contribution in [2.45, 2.75) is 6.54 Å². The van der Waals surface area contributed by atoms with Gasteiger partial charge in [-0.15, -0.1) is 0 Å². The number of nitrogens with one attached hydrogen (secondary N) is 2. The zero-order chi connectivity index (χ0) is 19.9. The predicted octanol–water partition coefficient (Wildman–Crippen LogP) is 2.63. The molecule has 8 heteroatoms. The van der Waals surface area contributed by atoms with Gasteiger partial charge in [0.05, 0.1) is 6.54 Å². The highest BCUT2D eigenvalue weighted by molar-refractivity contribution is 6.30. The molecule has 0 unspecified atom stereocenters. The fourth-order valence-electron chi connectivity index (χ4n) is 3.00. The summed E-state index contributed by atoms with van der Waals surface area (Å²) in [5.41, 5.74) is 1.74. The maximum absolute atomic E-state index is 13.1. The van der Waals surface area contributed by atoms with Crippen molar-refractivity contribution in [3.8, 4) is 0 Å². The maximum Gasteiger partial charge on any atom is 0.317 e. The van der Waals surface area contributed by atoms with Crippen molar-refractivity contribution in [1.82, 2.24) is 15.5 Å². The second-order valence-electron chi connectivity index (χ2n) is 6.52. The van der Waals surface area contributed by atoms with Gasteiger partial charge in [0.2, 0.25) is 5.91 Å². The van der Waals surface area contributed by atoms with Crippen molar-refractivity contribution < 1.29 is 14.0 Å². The van der Waals surface area contributed by atoms with Crippen LogP contribution in [0.25, 0.3) is 0 Å². The summed E-state index contributed by atoms with van der Waals surface area (Å²) in [4.78, 5) is 28.0. The first-order chi connectivity index (χ1) is 13.5. The second kappa shape index (κ2) is 9.41. The Bertz CT molecular complexity index is 823. The fraction of sp³-hybridized carbons (Fsp3) is 0.300. The van der Waals surface area contributed by atoms with E-state index in [4.69, 9.17) is 11.6 Å². The smallest absolute Gasteiger partial charge is 0.317 e. The van der Waals surface area contributed by atoms with Gasteiger partial charge in [0.15, 0.2) is 0 Å². The van der Waals surface area contributed by atoms with Crippen molar-refractivity contribution in [2.75, 3.05) is 37.6 Å². The molecule has 2 aromatic carbocycles.